The van der Waals surface area contributed by atoms with Crippen LogP contribution in [0.15, 0.2) is 54.7 Å². The van der Waals surface area contributed by atoms with E-state index in [9.17, 15) is 4.79 Å². The van der Waals surface area contributed by atoms with Crippen molar-refractivity contribution in [1.82, 2.24) is 4.57 Å². The summed E-state index contributed by atoms with van der Waals surface area (Å²) in [5.41, 5.74) is 3.71. The lowest BCUT2D eigenvalue weighted by atomic mass is 10.1. The average Bonchev–Trinajstić information content (AvgIpc) is 3.38. The largest absolute Gasteiger partial charge is 0.342 e. The van der Waals surface area contributed by atoms with Crippen LogP contribution < -0.4 is 0 Å². The highest BCUT2D eigenvalue weighted by Gasteiger charge is 2.32. The van der Waals surface area contributed by atoms with Gasteiger partial charge < -0.3 is 4.57 Å². The molecule has 0 saturated heterocycles. The van der Waals surface area contributed by atoms with E-state index in [1.54, 1.807) is 0 Å². The minimum absolute atomic E-state index is 0.226. The summed E-state index contributed by atoms with van der Waals surface area (Å²) in [6, 6.07) is 17.8. The second kappa shape index (κ2) is 5.40. The number of aromatic nitrogens is 1. The molecule has 3 aromatic rings. The van der Waals surface area contributed by atoms with E-state index in [0.717, 1.165) is 34.9 Å². The maximum atomic E-state index is 12.5. The molecule has 0 spiro atoms. The molecule has 1 aromatic heterocycles. The highest BCUT2D eigenvalue weighted by atomic mass is 16.1. The van der Waals surface area contributed by atoms with Gasteiger partial charge in [0.1, 0.15) is 0 Å². The summed E-state index contributed by atoms with van der Waals surface area (Å²) >= 11 is 0. The van der Waals surface area contributed by atoms with Crippen molar-refractivity contribution >= 4 is 16.7 Å². The normalized spacial score (nSPS) is 13.9. The second-order valence-electron chi connectivity index (χ2n) is 6.14. The lowest BCUT2D eigenvalue weighted by Gasteiger charge is -2.05. The predicted octanol–water partition coefficient (Wildman–Crippen LogP) is 4.15. The quantitative estimate of drug-likeness (QED) is 0.679. The number of Topliss-reactive ketones (excluding diaryl/α,β-unsaturated/α-hetero) is 1. The Hall–Kier alpha value is -2.86. The fraction of sp³-hybridized carbons (Fsp3) is 0.200. The molecule has 1 aliphatic carbocycles. The lowest BCUT2D eigenvalue weighted by molar-refractivity contribution is 0.0969. The molecule has 3 heteroatoms. The summed E-state index contributed by atoms with van der Waals surface area (Å²) in [6.07, 6.45) is 4.03. The molecule has 0 unspecified atom stereocenters. The molecule has 0 atom stereocenters. The summed E-state index contributed by atoms with van der Waals surface area (Å²) in [6.45, 7) is 0.699. The minimum atomic E-state index is 0.226. The van der Waals surface area contributed by atoms with Gasteiger partial charge >= 0.3 is 0 Å². The Bertz CT molecular complexity index is 924. The fourth-order valence-electron chi connectivity index (χ4n) is 3.02. The number of carbonyl (C=O) groups is 1. The lowest BCUT2D eigenvalue weighted by Crippen LogP contribution is -2.01. The van der Waals surface area contributed by atoms with Crippen LogP contribution in [0.25, 0.3) is 10.9 Å². The van der Waals surface area contributed by atoms with Crippen molar-refractivity contribution in [3.05, 3.63) is 71.4 Å². The zero-order valence-electron chi connectivity index (χ0n) is 12.7. The molecule has 0 amide bonds. The first-order chi connectivity index (χ1) is 11.3. The maximum absolute atomic E-state index is 12.5. The van der Waals surface area contributed by atoms with Gasteiger partial charge in [-0.15, -0.1) is 0 Å². The molecular formula is C20H16N2O. The van der Waals surface area contributed by atoms with Crippen LogP contribution in [-0.2, 0) is 6.54 Å². The van der Waals surface area contributed by atoms with Crippen molar-refractivity contribution in [2.45, 2.75) is 19.4 Å². The Labute approximate surface area is 134 Å². The van der Waals surface area contributed by atoms with Crippen molar-refractivity contribution in [3.63, 3.8) is 0 Å². The molecule has 1 fully saturated rings. The second-order valence-corrected chi connectivity index (χ2v) is 6.14. The average molecular weight is 300 g/mol. The van der Waals surface area contributed by atoms with Gasteiger partial charge in [-0.25, -0.2) is 0 Å². The number of hydrogen-bond acceptors (Lipinski definition) is 2. The zero-order chi connectivity index (χ0) is 15.8. The van der Waals surface area contributed by atoms with E-state index in [1.165, 1.54) is 0 Å². The Kier molecular flexibility index (Phi) is 3.24. The number of fused-ring (bicyclic) bond motifs is 1. The number of carbonyl (C=O) groups excluding carboxylic acids is 1. The molecule has 1 heterocycles. The third-order valence-electron chi connectivity index (χ3n) is 4.44. The standard InChI is InChI=1S/C20H16N2O/c21-11-14-5-7-15(8-6-14)12-22-13-18(20(23)16-9-10-16)17-3-1-2-4-19(17)22/h1-8,13,16H,9-10,12H2. The first kappa shape index (κ1) is 13.8. The number of nitrogens with zero attached hydrogens (tertiary/aromatic N) is 2. The summed E-state index contributed by atoms with van der Waals surface area (Å²) in [4.78, 5) is 12.5. The van der Waals surface area contributed by atoms with E-state index in [0.29, 0.717) is 12.1 Å². The summed E-state index contributed by atoms with van der Waals surface area (Å²) < 4.78 is 2.13. The van der Waals surface area contributed by atoms with E-state index in [-0.39, 0.29) is 11.7 Å². The highest BCUT2D eigenvalue weighted by molar-refractivity contribution is 6.09. The third-order valence-corrected chi connectivity index (χ3v) is 4.44. The SMILES string of the molecule is N#Cc1ccc(Cn2cc(C(=O)C3CC3)c3ccccc32)cc1. The molecule has 4 rings (SSSR count). The van der Waals surface area contributed by atoms with Gasteiger partial charge in [-0.1, -0.05) is 30.3 Å². The van der Waals surface area contributed by atoms with E-state index < -0.39 is 0 Å². The fourth-order valence-corrected chi connectivity index (χ4v) is 3.02. The van der Waals surface area contributed by atoms with Crippen molar-refractivity contribution in [1.29, 1.82) is 5.26 Å². The Morgan fingerprint density at radius 1 is 1.13 bits per heavy atom. The molecule has 3 nitrogen and oxygen atoms in total. The van der Waals surface area contributed by atoms with E-state index in [2.05, 4.69) is 16.7 Å². The van der Waals surface area contributed by atoms with Crippen molar-refractivity contribution in [3.8, 4) is 6.07 Å². The van der Waals surface area contributed by atoms with E-state index in [4.69, 9.17) is 5.26 Å². The Morgan fingerprint density at radius 3 is 2.57 bits per heavy atom. The Balaban J connectivity index is 1.74. The first-order valence-corrected chi connectivity index (χ1v) is 7.87. The highest BCUT2D eigenvalue weighted by Crippen LogP contribution is 2.35. The number of nitriles is 1. The van der Waals surface area contributed by atoms with Crippen molar-refractivity contribution < 1.29 is 4.79 Å². The van der Waals surface area contributed by atoms with Gasteiger partial charge in [-0.3, -0.25) is 4.79 Å². The van der Waals surface area contributed by atoms with Gasteiger partial charge in [-0.05, 0) is 36.6 Å². The molecule has 0 N–H and O–H groups in total. The van der Waals surface area contributed by atoms with Crippen LogP contribution in [0.5, 0.6) is 0 Å². The van der Waals surface area contributed by atoms with Crippen LogP contribution in [0.4, 0.5) is 0 Å². The molecule has 23 heavy (non-hydrogen) atoms. The molecule has 0 aliphatic heterocycles. The molecule has 0 bridgehead atoms. The molecular weight excluding hydrogens is 284 g/mol. The number of ketones is 1. The molecule has 0 radical (unpaired) electrons. The first-order valence-electron chi connectivity index (χ1n) is 7.87. The van der Waals surface area contributed by atoms with Gasteiger partial charge in [0, 0.05) is 35.1 Å². The van der Waals surface area contributed by atoms with Crippen LogP contribution in [0, 0.1) is 17.2 Å². The smallest absolute Gasteiger partial charge is 0.168 e. The van der Waals surface area contributed by atoms with Gasteiger partial charge in [0.2, 0.25) is 0 Å². The summed E-state index contributed by atoms with van der Waals surface area (Å²) in [5.74, 6) is 0.504. The van der Waals surface area contributed by atoms with Crippen LogP contribution in [0.3, 0.4) is 0 Å². The minimum Gasteiger partial charge on any atom is -0.342 e. The van der Waals surface area contributed by atoms with Gasteiger partial charge in [0.25, 0.3) is 0 Å². The third kappa shape index (κ3) is 2.53. The van der Waals surface area contributed by atoms with Crippen LogP contribution in [0.1, 0.15) is 34.3 Å². The molecule has 1 aliphatic rings. The molecule has 1 saturated carbocycles. The molecule has 112 valence electrons. The van der Waals surface area contributed by atoms with Crippen LogP contribution in [-0.4, -0.2) is 10.4 Å². The zero-order valence-corrected chi connectivity index (χ0v) is 12.7. The van der Waals surface area contributed by atoms with E-state index >= 15 is 0 Å². The number of hydrogen-bond donors (Lipinski definition) is 0. The van der Waals surface area contributed by atoms with E-state index in [1.807, 2.05) is 48.7 Å². The van der Waals surface area contributed by atoms with Crippen molar-refractivity contribution in [2.75, 3.05) is 0 Å². The van der Waals surface area contributed by atoms with Gasteiger partial charge in [0.05, 0.1) is 11.6 Å². The summed E-state index contributed by atoms with van der Waals surface area (Å²) in [5, 5.41) is 9.93. The van der Waals surface area contributed by atoms with Crippen LogP contribution >= 0.6 is 0 Å². The maximum Gasteiger partial charge on any atom is 0.168 e. The monoisotopic (exact) mass is 300 g/mol. The predicted molar refractivity (Wildman–Crippen MR) is 89.3 cm³/mol. The molecule has 2 aromatic carbocycles. The number of para-hydroxylation sites is 1. The topological polar surface area (TPSA) is 45.8 Å². The number of benzene rings is 2. The van der Waals surface area contributed by atoms with Crippen LogP contribution in [0.2, 0.25) is 0 Å². The summed E-state index contributed by atoms with van der Waals surface area (Å²) in [7, 11) is 0. The van der Waals surface area contributed by atoms with Gasteiger partial charge in [-0.2, -0.15) is 5.26 Å². The number of rotatable bonds is 4. The van der Waals surface area contributed by atoms with Crippen molar-refractivity contribution in [2.24, 2.45) is 5.92 Å². The van der Waals surface area contributed by atoms with Gasteiger partial charge in [0.15, 0.2) is 5.78 Å². The Morgan fingerprint density at radius 2 is 1.87 bits per heavy atom.